The van der Waals surface area contributed by atoms with Crippen LogP contribution in [-0.2, 0) is 20.8 Å². The Morgan fingerprint density at radius 2 is 1.16 bits per heavy atom. The van der Waals surface area contributed by atoms with Gasteiger partial charge in [0.15, 0.2) is 0 Å². The number of aliphatic carboxylic acids is 3. The molecular weight excluding hydrogens is 326 g/mol. The maximum absolute atomic E-state index is 9.00. The zero-order valence-corrected chi connectivity index (χ0v) is 14.4. The van der Waals surface area contributed by atoms with E-state index in [0.29, 0.717) is 0 Å². The summed E-state index contributed by atoms with van der Waals surface area (Å²) in [5, 5.41) is 22.2. The van der Waals surface area contributed by atoms with Crippen LogP contribution in [0.4, 0.5) is 0 Å². The molecule has 0 fully saturated rings. The van der Waals surface area contributed by atoms with Gasteiger partial charge in [0.05, 0.1) is 0 Å². The molecule has 0 aliphatic carbocycles. The van der Waals surface area contributed by atoms with Crippen molar-refractivity contribution in [3.05, 3.63) is 66.0 Å². The van der Waals surface area contributed by atoms with E-state index >= 15 is 0 Å². The van der Waals surface area contributed by atoms with E-state index in [-0.39, 0.29) is 0 Å². The predicted octanol–water partition coefficient (Wildman–Crippen LogP) is 2.95. The van der Waals surface area contributed by atoms with Crippen molar-refractivity contribution in [2.45, 2.75) is 27.2 Å². The second kappa shape index (κ2) is 15.7. The summed E-state index contributed by atoms with van der Waals surface area (Å²) in [5.41, 5.74) is 2.43. The second-order valence-corrected chi connectivity index (χ2v) is 4.54. The van der Waals surface area contributed by atoms with Gasteiger partial charge in [-0.05, 0) is 17.7 Å². The van der Waals surface area contributed by atoms with Crippen molar-refractivity contribution < 1.29 is 29.7 Å². The van der Waals surface area contributed by atoms with E-state index in [4.69, 9.17) is 29.7 Å². The van der Waals surface area contributed by atoms with Crippen molar-refractivity contribution >= 4 is 17.9 Å². The van der Waals surface area contributed by atoms with E-state index in [1.54, 1.807) is 0 Å². The SMILES string of the molecule is CC(=O)O.CC(=O)O.CC(=O)O.c1ccc(Cc2ccccn2)cc1. The fourth-order valence-electron chi connectivity index (χ4n) is 1.31. The monoisotopic (exact) mass is 349 g/mol. The maximum atomic E-state index is 9.00. The summed E-state index contributed by atoms with van der Waals surface area (Å²) in [6.45, 7) is 3.25. The average Bonchev–Trinajstić information content (AvgIpc) is 2.47. The predicted molar refractivity (Wildman–Crippen MR) is 93.4 cm³/mol. The van der Waals surface area contributed by atoms with Crippen molar-refractivity contribution in [3.63, 3.8) is 0 Å². The highest BCUT2D eigenvalue weighted by Gasteiger charge is 1.94. The van der Waals surface area contributed by atoms with E-state index in [2.05, 4.69) is 29.2 Å². The normalized spacial score (nSPS) is 8.12. The van der Waals surface area contributed by atoms with Crippen LogP contribution in [-0.4, -0.2) is 38.2 Å². The molecule has 0 atom stereocenters. The molecule has 3 N–H and O–H groups in total. The van der Waals surface area contributed by atoms with Crippen molar-refractivity contribution in [1.29, 1.82) is 0 Å². The number of rotatable bonds is 2. The molecular formula is C18H23NO6. The van der Waals surface area contributed by atoms with E-state index in [1.807, 2.05) is 30.5 Å². The fraction of sp³-hybridized carbons (Fsp3) is 0.222. The minimum absolute atomic E-state index is 0.833. The highest BCUT2D eigenvalue weighted by atomic mass is 16.4. The highest BCUT2D eigenvalue weighted by molar-refractivity contribution is 5.63. The topological polar surface area (TPSA) is 125 Å². The molecule has 0 bridgehead atoms. The number of carboxylic acids is 3. The van der Waals surface area contributed by atoms with Gasteiger partial charge in [0.25, 0.3) is 17.9 Å². The number of benzene rings is 1. The molecule has 136 valence electrons. The molecule has 25 heavy (non-hydrogen) atoms. The summed E-state index contributed by atoms with van der Waals surface area (Å²) in [6.07, 6.45) is 2.75. The van der Waals surface area contributed by atoms with Crippen LogP contribution < -0.4 is 0 Å². The third kappa shape index (κ3) is 26.0. The number of pyridine rings is 1. The first-order valence-corrected chi connectivity index (χ1v) is 7.17. The smallest absolute Gasteiger partial charge is 0.300 e. The van der Waals surface area contributed by atoms with Gasteiger partial charge < -0.3 is 15.3 Å². The first-order chi connectivity index (χ1) is 11.6. The minimum atomic E-state index is -0.833. The lowest BCUT2D eigenvalue weighted by atomic mass is 10.1. The molecule has 7 heteroatoms. The summed E-state index contributed by atoms with van der Waals surface area (Å²) in [4.78, 5) is 31.3. The Morgan fingerprint density at radius 3 is 1.52 bits per heavy atom. The number of hydrogen-bond donors (Lipinski definition) is 3. The molecule has 7 nitrogen and oxygen atoms in total. The lowest BCUT2D eigenvalue weighted by molar-refractivity contribution is -0.135. The first kappa shape index (κ1) is 24.0. The van der Waals surface area contributed by atoms with Crippen LogP contribution in [0.5, 0.6) is 0 Å². The summed E-state index contributed by atoms with van der Waals surface area (Å²) < 4.78 is 0. The Balaban J connectivity index is 0. The Kier molecular flexibility index (Phi) is 15.1. The van der Waals surface area contributed by atoms with Crippen LogP contribution in [0.1, 0.15) is 32.0 Å². The van der Waals surface area contributed by atoms with Crippen molar-refractivity contribution in [3.8, 4) is 0 Å². The van der Waals surface area contributed by atoms with E-state index < -0.39 is 17.9 Å². The standard InChI is InChI=1S/C12H11N.3C2H4O2/c1-2-6-11(7-3-1)10-12-8-4-5-9-13-12;3*1-2(3)4/h1-9H,10H2;3*1H3,(H,3,4). The van der Waals surface area contributed by atoms with E-state index in [9.17, 15) is 0 Å². The molecule has 0 spiro atoms. The van der Waals surface area contributed by atoms with E-state index in [0.717, 1.165) is 32.9 Å². The van der Waals surface area contributed by atoms with Gasteiger partial charge in [0.2, 0.25) is 0 Å². The van der Waals surface area contributed by atoms with Crippen molar-refractivity contribution in [1.82, 2.24) is 4.98 Å². The summed E-state index contributed by atoms with van der Waals surface area (Å²) in [6, 6.07) is 16.4. The zero-order valence-electron chi connectivity index (χ0n) is 14.4. The van der Waals surface area contributed by atoms with Crippen LogP contribution in [0.3, 0.4) is 0 Å². The third-order valence-electron chi connectivity index (χ3n) is 1.95. The quantitative estimate of drug-likeness (QED) is 0.761. The lowest BCUT2D eigenvalue weighted by Crippen LogP contribution is -1.89. The number of nitrogens with zero attached hydrogens (tertiary/aromatic N) is 1. The molecule has 1 heterocycles. The molecule has 1 aromatic heterocycles. The molecule has 2 rings (SSSR count). The largest absolute Gasteiger partial charge is 0.481 e. The van der Waals surface area contributed by atoms with Gasteiger partial charge in [-0.15, -0.1) is 0 Å². The van der Waals surface area contributed by atoms with Gasteiger partial charge in [-0.1, -0.05) is 36.4 Å². The fourth-order valence-corrected chi connectivity index (χ4v) is 1.31. The Bertz CT molecular complexity index is 536. The van der Waals surface area contributed by atoms with Crippen LogP contribution in [0.2, 0.25) is 0 Å². The summed E-state index contributed by atoms with van der Waals surface area (Å²) in [7, 11) is 0. The van der Waals surface area contributed by atoms with Crippen LogP contribution >= 0.6 is 0 Å². The molecule has 0 aliphatic heterocycles. The molecule has 2 aromatic rings. The van der Waals surface area contributed by atoms with Gasteiger partial charge in [0, 0.05) is 39.1 Å². The highest BCUT2D eigenvalue weighted by Crippen LogP contribution is 2.05. The van der Waals surface area contributed by atoms with E-state index in [1.165, 1.54) is 5.56 Å². The zero-order chi connectivity index (χ0) is 19.7. The van der Waals surface area contributed by atoms with Crippen molar-refractivity contribution in [2.24, 2.45) is 0 Å². The number of hydrogen-bond acceptors (Lipinski definition) is 4. The average molecular weight is 349 g/mol. The van der Waals surface area contributed by atoms with Gasteiger partial charge >= 0.3 is 0 Å². The van der Waals surface area contributed by atoms with Crippen LogP contribution in [0.15, 0.2) is 54.7 Å². The molecule has 0 unspecified atom stereocenters. The Morgan fingerprint density at radius 1 is 0.760 bits per heavy atom. The van der Waals surface area contributed by atoms with Crippen LogP contribution in [0, 0.1) is 0 Å². The first-order valence-electron chi connectivity index (χ1n) is 7.17. The molecule has 0 saturated carbocycles. The second-order valence-electron chi connectivity index (χ2n) is 4.54. The van der Waals surface area contributed by atoms with Gasteiger partial charge in [-0.25, -0.2) is 0 Å². The molecule has 1 aromatic carbocycles. The lowest BCUT2D eigenvalue weighted by Gasteiger charge is -1.99. The van der Waals surface area contributed by atoms with Gasteiger partial charge in [-0.3, -0.25) is 19.4 Å². The molecule has 0 radical (unpaired) electrons. The minimum Gasteiger partial charge on any atom is -0.481 e. The van der Waals surface area contributed by atoms with Crippen molar-refractivity contribution in [2.75, 3.05) is 0 Å². The number of aromatic nitrogens is 1. The van der Waals surface area contributed by atoms with Crippen LogP contribution in [0.25, 0.3) is 0 Å². The number of carboxylic acid groups (broad SMARTS) is 3. The Hall–Kier alpha value is -3.22. The Labute approximate surface area is 146 Å². The van der Waals surface area contributed by atoms with Gasteiger partial charge in [0.1, 0.15) is 0 Å². The maximum Gasteiger partial charge on any atom is 0.300 e. The third-order valence-corrected chi connectivity index (χ3v) is 1.95. The summed E-state index contributed by atoms with van der Waals surface area (Å²) in [5.74, 6) is -2.50. The summed E-state index contributed by atoms with van der Waals surface area (Å²) >= 11 is 0. The molecule has 0 aliphatic rings. The van der Waals surface area contributed by atoms with Gasteiger partial charge in [-0.2, -0.15) is 0 Å². The molecule has 0 amide bonds. The number of carbonyl (C=O) groups is 3. The molecule has 0 saturated heterocycles.